The number of hydrogen-bond donors (Lipinski definition) is 1. The molecule has 1 N–H and O–H groups in total. The predicted octanol–water partition coefficient (Wildman–Crippen LogP) is 3.87. The van der Waals surface area contributed by atoms with E-state index < -0.39 is 0 Å². The summed E-state index contributed by atoms with van der Waals surface area (Å²) in [6.07, 6.45) is 9.72. The maximum absolute atomic E-state index is 12.3. The van der Waals surface area contributed by atoms with E-state index in [1.54, 1.807) is 14.2 Å². The summed E-state index contributed by atoms with van der Waals surface area (Å²) in [5.41, 5.74) is 0.963. The van der Waals surface area contributed by atoms with E-state index in [0.29, 0.717) is 18.9 Å². The first kappa shape index (κ1) is 17.6. The van der Waals surface area contributed by atoms with Gasteiger partial charge in [-0.1, -0.05) is 38.2 Å². The molecule has 1 aliphatic rings. The van der Waals surface area contributed by atoms with Crippen molar-refractivity contribution in [3.8, 4) is 11.5 Å². The molecule has 0 aromatic heterocycles. The average Bonchev–Trinajstić information content (AvgIpc) is 2.54. The lowest BCUT2D eigenvalue weighted by Gasteiger charge is -2.21. The number of nitrogens with one attached hydrogen (secondary N) is 1. The Morgan fingerprint density at radius 1 is 1.04 bits per heavy atom. The van der Waals surface area contributed by atoms with E-state index in [4.69, 9.17) is 9.47 Å². The Bertz CT molecular complexity index is 471. The second kappa shape index (κ2) is 9.43. The van der Waals surface area contributed by atoms with Crippen LogP contribution in [0.25, 0.3) is 0 Å². The fourth-order valence-electron chi connectivity index (χ4n) is 3.31. The van der Waals surface area contributed by atoms with Crippen LogP contribution in [-0.2, 0) is 11.2 Å². The molecule has 0 heterocycles. The van der Waals surface area contributed by atoms with E-state index in [1.807, 2.05) is 18.2 Å². The van der Waals surface area contributed by atoms with Crippen molar-refractivity contribution in [3.05, 3.63) is 23.8 Å². The summed E-state index contributed by atoms with van der Waals surface area (Å²) < 4.78 is 10.8. The molecule has 0 bridgehead atoms. The van der Waals surface area contributed by atoms with Gasteiger partial charge in [-0.2, -0.15) is 0 Å². The van der Waals surface area contributed by atoms with Crippen molar-refractivity contribution < 1.29 is 14.3 Å². The highest BCUT2D eigenvalue weighted by molar-refractivity contribution is 5.76. The highest BCUT2D eigenvalue weighted by Crippen LogP contribution is 2.29. The van der Waals surface area contributed by atoms with Gasteiger partial charge in [0.05, 0.1) is 14.2 Å². The fourth-order valence-corrected chi connectivity index (χ4v) is 3.31. The molecule has 1 amide bonds. The minimum absolute atomic E-state index is 0.128. The Morgan fingerprint density at radius 2 is 1.61 bits per heavy atom. The summed E-state index contributed by atoms with van der Waals surface area (Å²) in [4.78, 5) is 12.3. The number of rotatable bonds is 6. The molecule has 4 nitrogen and oxygen atoms in total. The maximum atomic E-state index is 12.3. The number of ether oxygens (including phenoxy) is 2. The zero-order chi connectivity index (χ0) is 16.5. The molecule has 4 heteroatoms. The van der Waals surface area contributed by atoms with Crippen molar-refractivity contribution in [1.29, 1.82) is 0 Å². The molecule has 128 valence electrons. The smallest absolute Gasteiger partial charge is 0.220 e. The van der Waals surface area contributed by atoms with Crippen LogP contribution in [0.3, 0.4) is 0 Å². The van der Waals surface area contributed by atoms with Gasteiger partial charge in [0, 0.05) is 18.0 Å². The van der Waals surface area contributed by atoms with Crippen LogP contribution in [0.1, 0.15) is 56.9 Å². The Kier molecular flexibility index (Phi) is 7.24. The number of benzene rings is 1. The lowest BCUT2D eigenvalue weighted by molar-refractivity contribution is -0.121. The van der Waals surface area contributed by atoms with Crippen LogP contribution < -0.4 is 14.8 Å². The van der Waals surface area contributed by atoms with Crippen molar-refractivity contribution in [2.45, 2.75) is 63.8 Å². The number of methoxy groups -OCH3 is 2. The van der Waals surface area contributed by atoms with Crippen molar-refractivity contribution in [2.24, 2.45) is 0 Å². The Balaban J connectivity index is 1.88. The monoisotopic (exact) mass is 319 g/mol. The van der Waals surface area contributed by atoms with Gasteiger partial charge in [0.1, 0.15) is 11.5 Å². The normalized spacial score (nSPS) is 16.3. The van der Waals surface area contributed by atoms with Gasteiger partial charge in [-0.3, -0.25) is 4.79 Å². The molecule has 1 saturated carbocycles. The molecule has 0 spiro atoms. The highest BCUT2D eigenvalue weighted by atomic mass is 16.5. The van der Waals surface area contributed by atoms with Gasteiger partial charge in [0.2, 0.25) is 5.91 Å². The molecule has 0 saturated heterocycles. The second-order valence-electron chi connectivity index (χ2n) is 6.25. The zero-order valence-electron chi connectivity index (χ0n) is 14.4. The topological polar surface area (TPSA) is 47.6 Å². The molecule has 0 unspecified atom stereocenters. The fraction of sp³-hybridized carbons (Fsp3) is 0.632. The predicted molar refractivity (Wildman–Crippen MR) is 92.1 cm³/mol. The van der Waals surface area contributed by atoms with Gasteiger partial charge in [-0.05, 0) is 31.4 Å². The Labute approximate surface area is 139 Å². The highest BCUT2D eigenvalue weighted by Gasteiger charge is 2.16. The van der Waals surface area contributed by atoms with Gasteiger partial charge < -0.3 is 14.8 Å². The van der Waals surface area contributed by atoms with Crippen LogP contribution in [0.15, 0.2) is 18.2 Å². The number of carbonyl (C=O) groups is 1. The van der Waals surface area contributed by atoms with E-state index in [0.717, 1.165) is 29.9 Å². The lowest BCUT2D eigenvalue weighted by atomic mass is 9.96. The van der Waals surface area contributed by atoms with E-state index in [1.165, 1.54) is 32.1 Å². The van der Waals surface area contributed by atoms with Crippen molar-refractivity contribution in [1.82, 2.24) is 5.32 Å². The van der Waals surface area contributed by atoms with E-state index >= 15 is 0 Å². The Morgan fingerprint density at radius 3 is 2.17 bits per heavy atom. The van der Waals surface area contributed by atoms with Crippen molar-refractivity contribution >= 4 is 5.91 Å². The van der Waals surface area contributed by atoms with Crippen LogP contribution in [-0.4, -0.2) is 26.2 Å². The number of hydrogen-bond acceptors (Lipinski definition) is 3. The maximum Gasteiger partial charge on any atom is 0.220 e. The summed E-state index contributed by atoms with van der Waals surface area (Å²) in [6.45, 7) is 0. The van der Waals surface area contributed by atoms with Crippen LogP contribution in [0.4, 0.5) is 0 Å². The molecular formula is C19H29NO3. The third kappa shape index (κ3) is 5.45. The summed E-state index contributed by atoms with van der Waals surface area (Å²) in [7, 11) is 3.29. The summed E-state index contributed by atoms with van der Waals surface area (Å²) in [5, 5.41) is 3.21. The van der Waals surface area contributed by atoms with Gasteiger partial charge >= 0.3 is 0 Å². The standard InChI is InChI=1S/C19H29NO3/c1-22-17-11-8-12-18(23-2)16(17)13-14-19(21)20-15-9-6-4-3-5-7-10-15/h8,11-12,15H,3-7,9-10,13-14H2,1-2H3,(H,20,21). The molecule has 23 heavy (non-hydrogen) atoms. The summed E-state index contributed by atoms with van der Waals surface area (Å²) >= 11 is 0. The average molecular weight is 319 g/mol. The minimum Gasteiger partial charge on any atom is -0.496 e. The zero-order valence-corrected chi connectivity index (χ0v) is 14.4. The number of amides is 1. The molecule has 2 rings (SSSR count). The van der Waals surface area contributed by atoms with E-state index in [2.05, 4.69) is 5.32 Å². The molecule has 1 aromatic carbocycles. The van der Waals surface area contributed by atoms with Crippen molar-refractivity contribution in [3.63, 3.8) is 0 Å². The van der Waals surface area contributed by atoms with Crippen molar-refractivity contribution in [2.75, 3.05) is 14.2 Å². The van der Waals surface area contributed by atoms with Gasteiger partial charge in [0.15, 0.2) is 0 Å². The Hall–Kier alpha value is -1.71. The first-order chi connectivity index (χ1) is 11.2. The molecule has 1 fully saturated rings. The lowest BCUT2D eigenvalue weighted by Crippen LogP contribution is -2.35. The first-order valence-corrected chi connectivity index (χ1v) is 8.74. The molecule has 1 aromatic rings. The summed E-state index contributed by atoms with van der Waals surface area (Å²) in [5.74, 6) is 1.69. The van der Waals surface area contributed by atoms with E-state index in [9.17, 15) is 4.79 Å². The van der Waals surface area contributed by atoms with Gasteiger partial charge in [0.25, 0.3) is 0 Å². The SMILES string of the molecule is COc1cccc(OC)c1CCC(=O)NC1CCCCCCC1. The summed E-state index contributed by atoms with van der Waals surface area (Å²) in [6, 6.07) is 6.06. The molecular weight excluding hydrogens is 290 g/mol. The van der Waals surface area contributed by atoms with E-state index in [-0.39, 0.29) is 5.91 Å². The third-order valence-corrected chi connectivity index (χ3v) is 4.60. The molecule has 0 aliphatic heterocycles. The quantitative estimate of drug-likeness (QED) is 0.866. The number of carbonyl (C=O) groups excluding carboxylic acids is 1. The first-order valence-electron chi connectivity index (χ1n) is 8.74. The van der Waals surface area contributed by atoms with Crippen LogP contribution in [0, 0.1) is 0 Å². The third-order valence-electron chi connectivity index (χ3n) is 4.60. The van der Waals surface area contributed by atoms with Crippen LogP contribution >= 0.6 is 0 Å². The molecule has 1 aliphatic carbocycles. The van der Waals surface area contributed by atoms with Gasteiger partial charge in [-0.25, -0.2) is 0 Å². The molecule has 0 atom stereocenters. The van der Waals surface area contributed by atoms with Crippen LogP contribution in [0.5, 0.6) is 11.5 Å². The minimum atomic E-state index is 0.128. The molecule has 0 radical (unpaired) electrons. The van der Waals surface area contributed by atoms with Gasteiger partial charge in [-0.15, -0.1) is 0 Å². The largest absolute Gasteiger partial charge is 0.496 e. The van der Waals surface area contributed by atoms with Crippen LogP contribution in [0.2, 0.25) is 0 Å². The second-order valence-corrected chi connectivity index (χ2v) is 6.25.